The molecule has 2 aromatic rings. The molecular formula is C16H17FN2O4. The predicted molar refractivity (Wildman–Crippen MR) is 80.0 cm³/mol. The molecule has 0 saturated heterocycles. The van der Waals surface area contributed by atoms with Crippen LogP contribution in [0, 0.1) is 11.7 Å². The number of carbonyl (C=O) groups is 2. The summed E-state index contributed by atoms with van der Waals surface area (Å²) in [5, 5.41) is 11.5. The predicted octanol–water partition coefficient (Wildman–Crippen LogP) is 2.25. The van der Waals surface area contributed by atoms with Crippen LogP contribution in [-0.2, 0) is 16.0 Å². The molecule has 1 heterocycles. The number of benzene rings is 1. The molecule has 1 amide bonds. The van der Waals surface area contributed by atoms with Crippen molar-refractivity contribution in [3.63, 3.8) is 0 Å². The number of carbonyl (C=O) groups excluding carboxylic acids is 1. The Labute approximate surface area is 132 Å². The third-order valence-electron chi connectivity index (χ3n) is 3.23. The van der Waals surface area contributed by atoms with Crippen molar-refractivity contribution in [2.24, 2.45) is 5.92 Å². The van der Waals surface area contributed by atoms with Crippen LogP contribution in [-0.4, -0.2) is 28.0 Å². The molecule has 0 unspecified atom stereocenters. The molecule has 122 valence electrons. The fraction of sp³-hybridized carbons (Fsp3) is 0.312. The summed E-state index contributed by atoms with van der Waals surface area (Å²) in [6, 6.07) is 4.65. The summed E-state index contributed by atoms with van der Waals surface area (Å²) in [6.07, 6.45) is 1.23. The Morgan fingerprint density at radius 2 is 1.96 bits per heavy atom. The monoisotopic (exact) mass is 320 g/mol. The Hall–Kier alpha value is -2.70. The van der Waals surface area contributed by atoms with E-state index in [0.717, 1.165) is 0 Å². The summed E-state index contributed by atoms with van der Waals surface area (Å²) in [4.78, 5) is 27.1. The number of rotatable bonds is 6. The van der Waals surface area contributed by atoms with E-state index < -0.39 is 17.9 Å². The van der Waals surface area contributed by atoms with E-state index in [0.29, 0.717) is 11.3 Å². The Kier molecular flexibility index (Phi) is 5.10. The average molecular weight is 320 g/mol. The Morgan fingerprint density at radius 1 is 1.30 bits per heavy atom. The van der Waals surface area contributed by atoms with Gasteiger partial charge in [0.05, 0.1) is 12.1 Å². The van der Waals surface area contributed by atoms with Crippen LogP contribution in [0.25, 0.3) is 11.5 Å². The van der Waals surface area contributed by atoms with Gasteiger partial charge in [-0.15, -0.1) is 0 Å². The van der Waals surface area contributed by atoms with E-state index in [1.54, 1.807) is 13.8 Å². The topological polar surface area (TPSA) is 92.4 Å². The van der Waals surface area contributed by atoms with E-state index in [1.807, 2.05) is 0 Å². The first-order chi connectivity index (χ1) is 10.9. The molecule has 0 aliphatic heterocycles. The van der Waals surface area contributed by atoms with Crippen molar-refractivity contribution < 1.29 is 23.5 Å². The highest BCUT2D eigenvalue weighted by Gasteiger charge is 2.23. The van der Waals surface area contributed by atoms with Gasteiger partial charge in [0.2, 0.25) is 11.8 Å². The molecule has 0 spiro atoms. The van der Waals surface area contributed by atoms with Crippen LogP contribution < -0.4 is 5.32 Å². The average Bonchev–Trinajstić information content (AvgIpc) is 2.93. The molecule has 1 aromatic heterocycles. The molecule has 23 heavy (non-hydrogen) atoms. The number of nitrogens with zero attached hydrogens (tertiary/aromatic N) is 1. The summed E-state index contributed by atoms with van der Waals surface area (Å²) < 4.78 is 18.1. The van der Waals surface area contributed by atoms with E-state index in [2.05, 4.69) is 10.3 Å². The molecule has 0 saturated carbocycles. The van der Waals surface area contributed by atoms with E-state index in [4.69, 9.17) is 9.52 Å². The van der Waals surface area contributed by atoms with E-state index in [-0.39, 0.29) is 24.0 Å². The first-order valence-electron chi connectivity index (χ1n) is 7.09. The van der Waals surface area contributed by atoms with Crippen molar-refractivity contribution in [2.45, 2.75) is 26.3 Å². The summed E-state index contributed by atoms with van der Waals surface area (Å²) in [7, 11) is 0. The molecule has 0 aliphatic carbocycles. The zero-order valence-electron chi connectivity index (χ0n) is 12.7. The number of carboxylic acids is 1. The first kappa shape index (κ1) is 16.7. The number of oxazole rings is 1. The number of hydrogen-bond donors (Lipinski definition) is 2. The molecule has 1 atom stereocenters. The lowest BCUT2D eigenvalue weighted by Crippen LogP contribution is -2.44. The normalized spacial score (nSPS) is 12.2. The largest absolute Gasteiger partial charge is 0.480 e. The molecular weight excluding hydrogens is 303 g/mol. The molecule has 2 N–H and O–H groups in total. The number of amides is 1. The quantitative estimate of drug-likeness (QED) is 0.851. The standard InChI is InChI=1S/C16H17FN2O4/c1-9(2)14(16(21)22)19-13(20)7-12-8-23-15(18-12)10-3-5-11(17)6-4-10/h3-6,8-9,14H,7H2,1-2H3,(H,19,20)(H,21,22)/t14-/m0/s1. The number of aromatic nitrogens is 1. The Bertz CT molecular complexity index is 694. The Balaban J connectivity index is 2.02. The van der Waals surface area contributed by atoms with Crippen molar-refractivity contribution in [3.05, 3.63) is 42.0 Å². The van der Waals surface area contributed by atoms with Gasteiger partial charge in [-0.3, -0.25) is 4.79 Å². The smallest absolute Gasteiger partial charge is 0.326 e. The first-order valence-corrected chi connectivity index (χ1v) is 7.09. The number of hydrogen-bond acceptors (Lipinski definition) is 4. The molecule has 6 nitrogen and oxygen atoms in total. The van der Waals surface area contributed by atoms with Crippen LogP contribution in [0.5, 0.6) is 0 Å². The second kappa shape index (κ2) is 7.04. The minimum absolute atomic E-state index is 0.0960. The van der Waals surface area contributed by atoms with Gasteiger partial charge in [0.1, 0.15) is 18.1 Å². The number of carboxylic acid groups (broad SMARTS) is 1. The van der Waals surface area contributed by atoms with Crippen molar-refractivity contribution in [1.29, 1.82) is 0 Å². The van der Waals surface area contributed by atoms with Crippen LogP contribution in [0.15, 0.2) is 34.9 Å². The van der Waals surface area contributed by atoms with Gasteiger partial charge in [-0.25, -0.2) is 14.2 Å². The van der Waals surface area contributed by atoms with Crippen LogP contribution in [0.2, 0.25) is 0 Å². The molecule has 0 radical (unpaired) electrons. The summed E-state index contributed by atoms with van der Waals surface area (Å²) in [5.41, 5.74) is 0.957. The van der Waals surface area contributed by atoms with Crippen LogP contribution >= 0.6 is 0 Å². The molecule has 7 heteroatoms. The van der Waals surface area contributed by atoms with Crippen molar-refractivity contribution >= 4 is 11.9 Å². The van der Waals surface area contributed by atoms with Crippen molar-refractivity contribution in [3.8, 4) is 11.5 Å². The third kappa shape index (κ3) is 4.38. The second-order valence-corrected chi connectivity index (χ2v) is 5.46. The van der Waals surface area contributed by atoms with Gasteiger partial charge in [0.25, 0.3) is 0 Å². The fourth-order valence-electron chi connectivity index (χ4n) is 2.02. The second-order valence-electron chi connectivity index (χ2n) is 5.46. The maximum Gasteiger partial charge on any atom is 0.326 e. The number of nitrogens with one attached hydrogen (secondary N) is 1. The maximum absolute atomic E-state index is 12.9. The number of halogens is 1. The van der Waals surface area contributed by atoms with Crippen LogP contribution in [0.3, 0.4) is 0 Å². The van der Waals surface area contributed by atoms with Gasteiger partial charge >= 0.3 is 5.97 Å². The molecule has 0 fully saturated rings. The Morgan fingerprint density at radius 3 is 2.52 bits per heavy atom. The van der Waals surface area contributed by atoms with Gasteiger partial charge < -0.3 is 14.8 Å². The lowest BCUT2D eigenvalue weighted by Gasteiger charge is -2.17. The zero-order valence-corrected chi connectivity index (χ0v) is 12.7. The summed E-state index contributed by atoms with van der Waals surface area (Å²) in [5.74, 6) is -1.87. The highest BCUT2D eigenvalue weighted by molar-refractivity contribution is 5.84. The van der Waals surface area contributed by atoms with E-state index in [9.17, 15) is 14.0 Å². The van der Waals surface area contributed by atoms with Gasteiger partial charge in [0.15, 0.2) is 0 Å². The summed E-state index contributed by atoms with van der Waals surface area (Å²) in [6.45, 7) is 3.42. The highest BCUT2D eigenvalue weighted by Crippen LogP contribution is 2.19. The zero-order chi connectivity index (χ0) is 17.0. The van der Waals surface area contributed by atoms with Gasteiger partial charge in [-0.1, -0.05) is 13.8 Å². The van der Waals surface area contributed by atoms with Crippen LogP contribution in [0.4, 0.5) is 4.39 Å². The molecule has 0 aliphatic rings. The molecule has 2 rings (SSSR count). The van der Waals surface area contributed by atoms with Crippen LogP contribution in [0.1, 0.15) is 19.5 Å². The van der Waals surface area contributed by atoms with Gasteiger partial charge in [-0.2, -0.15) is 0 Å². The van der Waals surface area contributed by atoms with Crippen molar-refractivity contribution in [2.75, 3.05) is 0 Å². The van der Waals surface area contributed by atoms with E-state index >= 15 is 0 Å². The van der Waals surface area contributed by atoms with Gasteiger partial charge in [-0.05, 0) is 30.2 Å². The minimum Gasteiger partial charge on any atom is -0.480 e. The fourth-order valence-corrected chi connectivity index (χ4v) is 2.02. The van der Waals surface area contributed by atoms with E-state index in [1.165, 1.54) is 30.5 Å². The summed E-state index contributed by atoms with van der Waals surface area (Å²) >= 11 is 0. The number of aliphatic carboxylic acids is 1. The minimum atomic E-state index is -1.08. The maximum atomic E-state index is 12.9. The lowest BCUT2D eigenvalue weighted by molar-refractivity contribution is -0.143. The molecule has 0 bridgehead atoms. The third-order valence-corrected chi connectivity index (χ3v) is 3.23. The molecule has 1 aromatic carbocycles. The lowest BCUT2D eigenvalue weighted by atomic mass is 10.0. The SMILES string of the molecule is CC(C)[C@H](NC(=O)Cc1coc(-c2ccc(F)cc2)n1)C(=O)O. The van der Waals surface area contributed by atoms with Gasteiger partial charge in [0, 0.05) is 5.56 Å². The van der Waals surface area contributed by atoms with Crippen molar-refractivity contribution in [1.82, 2.24) is 10.3 Å². The highest BCUT2D eigenvalue weighted by atomic mass is 19.1.